The molecule has 6 heteroatoms. The lowest BCUT2D eigenvalue weighted by Gasteiger charge is -2.14. The van der Waals surface area contributed by atoms with E-state index in [9.17, 15) is 13.2 Å². The maximum atomic E-state index is 12.6. The Morgan fingerprint density at radius 1 is 0.879 bits per heavy atom. The zero-order valence-corrected chi connectivity index (χ0v) is 20.3. The van der Waals surface area contributed by atoms with Crippen molar-refractivity contribution < 1.29 is 13.2 Å². The molecular formula is C27H32N2O3S. The number of aryl methyl sites for hydroxylation is 3. The van der Waals surface area contributed by atoms with Gasteiger partial charge in [-0.1, -0.05) is 61.9 Å². The second kappa shape index (κ2) is 11.3. The molecule has 0 aliphatic rings. The van der Waals surface area contributed by atoms with Crippen LogP contribution >= 0.6 is 0 Å². The normalized spacial score (nSPS) is 11.4. The van der Waals surface area contributed by atoms with Gasteiger partial charge in [-0.2, -0.15) is 0 Å². The molecule has 0 aromatic heterocycles. The number of rotatable bonds is 10. The van der Waals surface area contributed by atoms with Crippen LogP contribution in [-0.4, -0.2) is 14.3 Å². The molecule has 0 aliphatic carbocycles. The summed E-state index contributed by atoms with van der Waals surface area (Å²) in [5.41, 5.74) is 6.23. The Bertz CT molecular complexity index is 1210. The summed E-state index contributed by atoms with van der Waals surface area (Å²) in [4.78, 5) is 12.6. The second-order valence-corrected chi connectivity index (χ2v) is 10.2. The van der Waals surface area contributed by atoms with Gasteiger partial charge in [0.2, 0.25) is 10.0 Å². The number of benzene rings is 3. The summed E-state index contributed by atoms with van der Waals surface area (Å²) < 4.78 is 28.0. The number of hydrogen-bond donors (Lipinski definition) is 2. The minimum absolute atomic E-state index is 0.0535. The van der Waals surface area contributed by atoms with Gasteiger partial charge < -0.3 is 5.32 Å². The largest absolute Gasteiger partial charge is 0.322 e. The van der Waals surface area contributed by atoms with Gasteiger partial charge in [-0.25, -0.2) is 13.1 Å². The highest BCUT2D eigenvalue weighted by Crippen LogP contribution is 2.21. The average molecular weight is 465 g/mol. The van der Waals surface area contributed by atoms with Crippen LogP contribution in [0.3, 0.4) is 0 Å². The van der Waals surface area contributed by atoms with E-state index in [1.54, 1.807) is 12.1 Å². The molecule has 2 N–H and O–H groups in total. The zero-order chi connectivity index (χ0) is 23.8. The van der Waals surface area contributed by atoms with E-state index in [-0.39, 0.29) is 18.2 Å². The van der Waals surface area contributed by atoms with Gasteiger partial charge in [-0.05, 0) is 72.7 Å². The summed E-state index contributed by atoms with van der Waals surface area (Å²) in [5, 5.41) is 3.00. The first-order valence-corrected chi connectivity index (χ1v) is 12.9. The third-order valence-electron chi connectivity index (χ3n) is 5.68. The van der Waals surface area contributed by atoms with Crippen LogP contribution in [0.15, 0.2) is 66.7 Å². The highest BCUT2D eigenvalue weighted by atomic mass is 32.2. The van der Waals surface area contributed by atoms with Crippen molar-refractivity contribution in [2.45, 2.75) is 52.3 Å². The van der Waals surface area contributed by atoms with Crippen molar-refractivity contribution in [1.82, 2.24) is 4.72 Å². The maximum absolute atomic E-state index is 12.6. The van der Waals surface area contributed by atoms with Crippen LogP contribution in [0, 0.1) is 13.8 Å². The van der Waals surface area contributed by atoms with Crippen LogP contribution in [-0.2, 0) is 28.7 Å². The molecule has 0 saturated heterocycles. The lowest BCUT2D eigenvalue weighted by Crippen LogP contribution is -2.25. The monoisotopic (exact) mass is 464 g/mol. The van der Waals surface area contributed by atoms with Crippen molar-refractivity contribution in [2.24, 2.45) is 0 Å². The molecule has 0 saturated carbocycles. The highest BCUT2D eigenvalue weighted by Gasteiger charge is 2.14. The molecule has 3 rings (SSSR count). The number of amides is 1. The van der Waals surface area contributed by atoms with Crippen LogP contribution in [0.1, 0.15) is 57.9 Å². The molecule has 3 aromatic rings. The quantitative estimate of drug-likeness (QED) is 0.415. The molecule has 0 bridgehead atoms. The van der Waals surface area contributed by atoms with Crippen molar-refractivity contribution in [3.05, 3.63) is 100 Å². The molecule has 33 heavy (non-hydrogen) atoms. The number of nitrogens with one attached hydrogen (secondary N) is 2. The number of anilines is 1. The Kier molecular flexibility index (Phi) is 8.42. The standard InChI is InChI=1S/C27H32N2O3S/c1-4-5-9-25-17-22(14-15-26(25)29-27(30)24-10-7-6-8-11-24)18-28-33(31,32)19-23-13-12-20(2)21(3)16-23/h6-8,10-17,28H,4-5,9,18-19H2,1-3H3,(H,29,30). The van der Waals surface area contributed by atoms with Crippen molar-refractivity contribution in [1.29, 1.82) is 0 Å². The predicted octanol–water partition coefficient (Wildman–Crippen LogP) is 5.52. The number of sulfonamides is 1. The first-order valence-electron chi connectivity index (χ1n) is 11.3. The minimum Gasteiger partial charge on any atom is -0.322 e. The molecule has 0 spiro atoms. The van der Waals surface area contributed by atoms with E-state index in [4.69, 9.17) is 0 Å². The molecule has 0 unspecified atom stereocenters. The van der Waals surface area contributed by atoms with Gasteiger partial charge in [-0.15, -0.1) is 0 Å². The molecule has 0 aliphatic heterocycles. The smallest absolute Gasteiger partial charge is 0.255 e. The SMILES string of the molecule is CCCCc1cc(CNS(=O)(=O)Cc2ccc(C)c(C)c2)ccc1NC(=O)c1ccccc1. The summed E-state index contributed by atoms with van der Waals surface area (Å²) in [5.74, 6) is -0.211. The van der Waals surface area contributed by atoms with E-state index in [1.165, 1.54) is 0 Å². The lowest BCUT2D eigenvalue weighted by molar-refractivity contribution is 0.102. The van der Waals surface area contributed by atoms with Crippen molar-refractivity contribution in [2.75, 3.05) is 5.32 Å². The fraction of sp³-hybridized carbons (Fsp3) is 0.296. The lowest BCUT2D eigenvalue weighted by atomic mass is 10.0. The van der Waals surface area contributed by atoms with E-state index in [1.807, 2.05) is 68.4 Å². The predicted molar refractivity (Wildman–Crippen MR) is 135 cm³/mol. The number of carbonyl (C=O) groups excluding carboxylic acids is 1. The molecule has 1 amide bonds. The van der Waals surface area contributed by atoms with Crippen LogP contribution in [0.5, 0.6) is 0 Å². The fourth-order valence-electron chi connectivity index (χ4n) is 3.59. The second-order valence-electron chi connectivity index (χ2n) is 8.41. The van der Waals surface area contributed by atoms with E-state index in [0.29, 0.717) is 5.56 Å². The van der Waals surface area contributed by atoms with Gasteiger partial charge in [0.1, 0.15) is 0 Å². The fourth-order valence-corrected chi connectivity index (χ4v) is 4.70. The van der Waals surface area contributed by atoms with Gasteiger partial charge in [0.15, 0.2) is 0 Å². The Labute approximate surface area is 197 Å². The Hall–Kier alpha value is -2.96. The Morgan fingerprint density at radius 2 is 1.61 bits per heavy atom. The number of carbonyl (C=O) groups is 1. The van der Waals surface area contributed by atoms with E-state index in [2.05, 4.69) is 17.0 Å². The molecular weight excluding hydrogens is 432 g/mol. The summed E-state index contributed by atoms with van der Waals surface area (Å²) in [7, 11) is -3.48. The third kappa shape index (κ3) is 7.27. The van der Waals surface area contributed by atoms with Gasteiger partial charge >= 0.3 is 0 Å². The van der Waals surface area contributed by atoms with Crippen molar-refractivity contribution >= 4 is 21.6 Å². The summed E-state index contributed by atoms with van der Waals surface area (Å²) in [6.07, 6.45) is 2.82. The van der Waals surface area contributed by atoms with Gasteiger partial charge in [0.25, 0.3) is 5.91 Å². The van der Waals surface area contributed by atoms with E-state index >= 15 is 0 Å². The summed E-state index contributed by atoms with van der Waals surface area (Å²) in [6, 6.07) is 20.5. The molecule has 0 fully saturated rings. The van der Waals surface area contributed by atoms with Crippen LogP contribution < -0.4 is 10.0 Å². The van der Waals surface area contributed by atoms with Crippen LogP contribution in [0.4, 0.5) is 5.69 Å². The molecule has 5 nitrogen and oxygen atoms in total. The molecule has 0 atom stereocenters. The molecule has 0 radical (unpaired) electrons. The topological polar surface area (TPSA) is 75.3 Å². The molecule has 3 aromatic carbocycles. The van der Waals surface area contributed by atoms with E-state index in [0.717, 1.165) is 52.8 Å². The number of hydrogen-bond acceptors (Lipinski definition) is 3. The number of unbranched alkanes of at least 4 members (excludes halogenated alkanes) is 1. The first-order chi connectivity index (χ1) is 15.8. The maximum Gasteiger partial charge on any atom is 0.255 e. The molecule has 174 valence electrons. The van der Waals surface area contributed by atoms with Gasteiger partial charge in [0, 0.05) is 17.8 Å². The van der Waals surface area contributed by atoms with Crippen LogP contribution in [0.2, 0.25) is 0 Å². The van der Waals surface area contributed by atoms with Crippen molar-refractivity contribution in [3.8, 4) is 0 Å². The third-order valence-corrected chi connectivity index (χ3v) is 6.98. The average Bonchev–Trinajstić information content (AvgIpc) is 2.80. The van der Waals surface area contributed by atoms with E-state index < -0.39 is 10.0 Å². The minimum atomic E-state index is -3.48. The van der Waals surface area contributed by atoms with Crippen molar-refractivity contribution in [3.63, 3.8) is 0 Å². The van der Waals surface area contributed by atoms with Gasteiger partial charge in [0.05, 0.1) is 5.75 Å². The Balaban J connectivity index is 1.70. The highest BCUT2D eigenvalue weighted by molar-refractivity contribution is 7.88. The summed E-state index contributed by atoms with van der Waals surface area (Å²) in [6.45, 7) is 6.31. The summed E-state index contributed by atoms with van der Waals surface area (Å²) >= 11 is 0. The zero-order valence-electron chi connectivity index (χ0n) is 19.5. The molecule has 0 heterocycles. The van der Waals surface area contributed by atoms with Gasteiger partial charge in [-0.3, -0.25) is 4.79 Å². The van der Waals surface area contributed by atoms with Crippen LogP contribution in [0.25, 0.3) is 0 Å². The Morgan fingerprint density at radius 3 is 2.30 bits per heavy atom. The first kappa shape index (κ1) is 24.7.